The topological polar surface area (TPSA) is 33.5 Å². The summed E-state index contributed by atoms with van der Waals surface area (Å²) in [5, 5.41) is 0. The van der Waals surface area contributed by atoms with Gasteiger partial charge in [0.05, 0.1) is 12.3 Å². The first-order chi connectivity index (χ1) is 7.34. The summed E-state index contributed by atoms with van der Waals surface area (Å²) in [6, 6.07) is 3.93. The first-order valence-electron chi connectivity index (χ1n) is 5.65. The molecule has 3 fully saturated rings. The van der Waals surface area contributed by atoms with Crippen LogP contribution in [0.4, 0.5) is 0 Å². The Labute approximate surface area is 89.1 Å². The van der Waals surface area contributed by atoms with Crippen molar-refractivity contribution in [3.05, 3.63) is 24.2 Å². The van der Waals surface area contributed by atoms with Crippen molar-refractivity contribution in [2.45, 2.75) is 25.3 Å². The number of carbonyl (C=O) groups excluding carboxylic acids is 1. The number of nitrogens with zero attached hydrogens (tertiary/aromatic N) is 1. The summed E-state index contributed by atoms with van der Waals surface area (Å²) < 4.78 is 5.31. The van der Waals surface area contributed by atoms with Crippen molar-refractivity contribution < 1.29 is 9.21 Å². The molecule has 2 bridgehead atoms. The van der Waals surface area contributed by atoms with Crippen LogP contribution in [0.3, 0.4) is 0 Å². The molecule has 1 unspecified atom stereocenters. The fourth-order valence-electron chi connectivity index (χ4n) is 2.80. The quantitative estimate of drug-likeness (QED) is 0.733. The van der Waals surface area contributed by atoms with Crippen LogP contribution in [0, 0.1) is 5.92 Å². The molecule has 1 atom stereocenters. The van der Waals surface area contributed by atoms with Crippen LogP contribution >= 0.6 is 0 Å². The van der Waals surface area contributed by atoms with Gasteiger partial charge in [0, 0.05) is 12.3 Å². The minimum atomic E-state index is 0.0867. The van der Waals surface area contributed by atoms with E-state index in [4.69, 9.17) is 4.42 Å². The van der Waals surface area contributed by atoms with Crippen molar-refractivity contribution in [1.29, 1.82) is 0 Å². The van der Waals surface area contributed by atoms with E-state index in [1.807, 2.05) is 12.1 Å². The Morgan fingerprint density at radius 3 is 2.80 bits per heavy atom. The summed E-state index contributed by atoms with van der Waals surface area (Å²) in [6.45, 7) is 2.17. The fraction of sp³-hybridized carbons (Fsp3) is 0.583. The molecule has 3 saturated heterocycles. The summed E-state index contributed by atoms with van der Waals surface area (Å²) in [6.07, 6.45) is 4.56. The van der Waals surface area contributed by atoms with Crippen LogP contribution in [0.1, 0.15) is 18.6 Å². The van der Waals surface area contributed by atoms with E-state index in [1.54, 1.807) is 6.26 Å². The van der Waals surface area contributed by atoms with Crippen LogP contribution in [0.25, 0.3) is 0 Å². The minimum Gasteiger partial charge on any atom is -0.469 e. The highest BCUT2D eigenvalue weighted by Crippen LogP contribution is 2.30. The van der Waals surface area contributed by atoms with Crippen LogP contribution in [0.2, 0.25) is 0 Å². The zero-order valence-electron chi connectivity index (χ0n) is 8.69. The Kier molecular flexibility index (Phi) is 2.13. The Morgan fingerprint density at radius 2 is 2.20 bits per heavy atom. The van der Waals surface area contributed by atoms with Gasteiger partial charge in [0.2, 0.25) is 0 Å². The van der Waals surface area contributed by atoms with Gasteiger partial charge in [0.1, 0.15) is 5.76 Å². The van der Waals surface area contributed by atoms with Crippen molar-refractivity contribution in [2.24, 2.45) is 5.92 Å². The summed E-state index contributed by atoms with van der Waals surface area (Å²) in [4.78, 5) is 14.3. The smallest absolute Gasteiger partial charge is 0.153 e. The SMILES string of the molecule is O=C1C2CCN(CC2)C1Cc1ccco1. The molecule has 0 spiro atoms. The van der Waals surface area contributed by atoms with E-state index in [-0.39, 0.29) is 6.04 Å². The summed E-state index contributed by atoms with van der Waals surface area (Å²) in [7, 11) is 0. The second kappa shape index (κ2) is 3.49. The zero-order valence-corrected chi connectivity index (χ0v) is 8.69. The van der Waals surface area contributed by atoms with Gasteiger partial charge in [-0.3, -0.25) is 9.69 Å². The summed E-state index contributed by atoms with van der Waals surface area (Å²) >= 11 is 0. The molecule has 0 saturated carbocycles. The summed E-state index contributed by atoms with van der Waals surface area (Å²) in [5.41, 5.74) is 0. The van der Waals surface area contributed by atoms with Crippen LogP contribution in [0.15, 0.2) is 22.8 Å². The lowest BCUT2D eigenvalue weighted by Crippen LogP contribution is -2.56. The van der Waals surface area contributed by atoms with Crippen molar-refractivity contribution in [3.8, 4) is 0 Å². The number of hydrogen-bond donors (Lipinski definition) is 0. The van der Waals surface area contributed by atoms with Crippen molar-refractivity contribution in [3.63, 3.8) is 0 Å². The second-order valence-electron chi connectivity index (χ2n) is 4.51. The molecule has 3 heteroatoms. The Bertz CT molecular complexity index is 350. The average molecular weight is 205 g/mol. The first-order valence-corrected chi connectivity index (χ1v) is 5.65. The highest BCUT2D eigenvalue weighted by molar-refractivity contribution is 5.88. The molecule has 4 heterocycles. The van der Waals surface area contributed by atoms with Gasteiger partial charge in [-0.05, 0) is 38.1 Å². The zero-order chi connectivity index (χ0) is 10.3. The Balaban J connectivity index is 1.78. The predicted molar refractivity (Wildman–Crippen MR) is 55.5 cm³/mol. The monoisotopic (exact) mass is 205 g/mol. The van der Waals surface area contributed by atoms with E-state index >= 15 is 0 Å². The van der Waals surface area contributed by atoms with Crippen molar-refractivity contribution in [1.82, 2.24) is 4.90 Å². The van der Waals surface area contributed by atoms with E-state index in [0.29, 0.717) is 11.7 Å². The molecule has 4 rings (SSSR count). The van der Waals surface area contributed by atoms with Crippen LogP contribution < -0.4 is 0 Å². The highest BCUT2D eigenvalue weighted by Gasteiger charge is 2.40. The minimum absolute atomic E-state index is 0.0867. The molecule has 0 aromatic carbocycles. The van der Waals surface area contributed by atoms with Gasteiger partial charge in [-0.15, -0.1) is 0 Å². The molecule has 0 radical (unpaired) electrons. The average Bonchev–Trinajstić information content (AvgIpc) is 2.77. The van der Waals surface area contributed by atoms with Crippen LogP contribution in [-0.4, -0.2) is 29.8 Å². The highest BCUT2D eigenvalue weighted by atomic mass is 16.3. The number of carbonyl (C=O) groups is 1. The van der Waals surface area contributed by atoms with E-state index in [1.165, 1.54) is 0 Å². The van der Waals surface area contributed by atoms with Gasteiger partial charge >= 0.3 is 0 Å². The standard InChI is InChI=1S/C12H15NO2/c14-12-9-3-5-13(6-4-9)11(12)8-10-2-1-7-15-10/h1-2,7,9,11H,3-6,8H2. The van der Waals surface area contributed by atoms with Crippen LogP contribution in [-0.2, 0) is 11.2 Å². The molecule has 0 amide bonds. The number of fused-ring (bicyclic) bond motifs is 3. The molecular formula is C12H15NO2. The molecule has 1 aromatic rings. The van der Waals surface area contributed by atoms with Gasteiger partial charge in [-0.25, -0.2) is 0 Å². The van der Waals surface area contributed by atoms with Gasteiger partial charge in [0.25, 0.3) is 0 Å². The van der Waals surface area contributed by atoms with Gasteiger partial charge in [-0.2, -0.15) is 0 Å². The molecule has 3 aliphatic rings. The molecule has 80 valence electrons. The third-order valence-corrected chi connectivity index (χ3v) is 3.68. The van der Waals surface area contributed by atoms with E-state index < -0.39 is 0 Å². The van der Waals surface area contributed by atoms with Gasteiger partial charge in [-0.1, -0.05) is 0 Å². The van der Waals surface area contributed by atoms with E-state index in [0.717, 1.165) is 38.1 Å². The van der Waals surface area contributed by atoms with Gasteiger partial charge in [0.15, 0.2) is 5.78 Å². The van der Waals surface area contributed by atoms with Crippen molar-refractivity contribution >= 4 is 5.78 Å². The largest absolute Gasteiger partial charge is 0.469 e. The molecule has 15 heavy (non-hydrogen) atoms. The van der Waals surface area contributed by atoms with E-state index in [9.17, 15) is 4.79 Å². The molecule has 3 aliphatic heterocycles. The molecule has 1 aromatic heterocycles. The van der Waals surface area contributed by atoms with Gasteiger partial charge < -0.3 is 4.42 Å². The normalized spacial score (nSPS) is 34.7. The van der Waals surface area contributed by atoms with Crippen LogP contribution in [0.5, 0.6) is 0 Å². The Hall–Kier alpha value is -1.09. The first kappa shape index (κ1) is 9.16. The lowest BCUT2D eigenvalue weighted by atomic mass is 9.80. The fourth-order valence-corrected chi connectivity index (χ4v) is 2.80. The molecule has 3 nitrogen and oxygen atoms in total. The third kappa shape index (κ3) is 1.51. The second-order valence-corrected chi connectivity index (χ2v) is 4.51. The maximum Gasteiger partial charge on any atom is 0.153 e. The van der Waals surface area contributed by atoms with Crippen molar-refractivity contribution in [2.75, 3.05) is 13.1 Å². The number of furan rings is 1. The predicted octanol–water partition coefficient (Wildman–Crippen LogP) is 1.49. The third-order valence-electron chi connectivity index (χ3n) is 3.68. The molecule has 0 aliphatic carbocycles. The lowest BCUT2D eigenvalue weighted by Gasteiger charge is -2.43. The number of piperidine rings is 3. The summed E-state index contributed by atoms with van der Waals surface area (Å²) in [5.74, 6) is 1.69. The maximum absolute atomic E-state index is 12.0. The molecule has 0 N–H and O–H groups in total. The molecular weight excluding hydrogens is 190 g/mol. The lowest BCUT2D eigenvalue weighted by molar-refractivity contribution is -0.137. The van der Waals surface area contributed by atoms with E-state index in [2.05, 4.69) is 4.90 Å². The number of Topliss-reactive ketones (excluding diaryl/α,β-unsaturated/α-hetero) is 1. The maximum atomic E-state index is 12.0. The Morgan fingerprint density at radius 1 is 1.40 bits per heavy atom. The number of ketones is 1. The number of rotatable bonds is 2. The number of hydrogen-bond acceptors (Lipinski definition) is 3.